The van der Waals surface area contributed by atoms with Gasteiger partial charge in [-0.05, 0) is 74.8 Å². The number of likely N-dealkylation sites (tertiary alicyclic amines) is 1. The second kappa shape index (κ2) is 10.7. The summed E-state index contributed by atoms with van der Waals surface area (Å²) in [5, 5.41) is 7.79. The van der Waals surface area contributed by atoms with Gasteiger partial charge in [0.25, 0.3) is 0 Å². The van der Waals surface area contributed by atoms with Gasteiger partial charge in [0, 0.05) is 23.5 Å². The molecule has 1 aliphatic rings. The molecule has 3 aromatic rings. The van der Waals surface area contributed by atoms with Crippen LogP contribution >= 0.6 is 11.6 Å². The van der Waals surface area contributed by atoms with Gasteiger partial charge >= 0.3 is 6.18 Å². The molecular weight excluding hydrogens is 463 g/mol. The molecule has 34 heavy (non-hydrogen) atoms. The van der Waals surface area contributed by atoms with E-state index in [4.69, 9.17) is 11.6 Å². The zero-order valence-corrected chi connectivity index (χ0v) is 19.7. The van der Waals surface area contributed by atoms with E-state index >= 15 is 0 Å². The Bertz CT molecular complexity index is 1170. The second-order valence-corrected chi connectivity index (χ2v) is 8.99. The van der Waals surface area contributed by atoms with Crippen LogP contribution in [-0.4, -0.2) is 53.4 Å². The van der Waals surface area contributed by atoms with Crippen LogP contribution in [0.3, 0.4) is 0 Å². The third-order valence-corrected chi connectivity index (χ3v) is 6.16. The number of fused-ring (bicyclic) bond motifs is 1. The smallest absolute Gasteiger partial charge is 0.373 e. The summed E-state index contributed by atoms with van der Waals surface area (Å²) in [4.78, 5) is 6.29. The lowest BCUT2D eigenvalue weighted by atomic mass is 10.0. The molecular formula is C25H27ClF3N5. The van der Waals surface area contributed by atoms with Crippen molar-refractivity contribution < 1.29 is 13.2 Å². The first-order chi connectivity index (χ1) is 16.3. The van der Waals surface area contributed by atoms with E-state index in [1.807, 2.05) is 12.1 Å². The number of nitrogens with zero attached hydrogens (tertiary/aromatic N) is 3. The molecule has 3 heterocycles. The molecule has 1 aliphatic heterocycles. The minimum atomic E-state index is -4.34. The Labute approximate surface area is 202 Å². The lowest BCUT2D eigenvalue weighted by molar-refractivity contribution is -0.140. The Morgan fingerprint density at radius 1 is 1.15 bits per heavy atom. The lowest BCUT2D eigenvalue weighted by Crippen LogP contribution is -2.40. The minimum Gasteiger partial charge on any atom is -0.373 e. The summed E-state index contributed by atoms with van der Waals surface area (Å²) in [6, 6.07) is 11.2. The van der Waals surface area contributed by atoms with Crippen molar-refractivity contribution in [3.63, 3.8) is 0 Å². The highest BCUT2D eigenvalue weighted by atomic mass is 35.5. The summed E-state index contributed by atoms with van der Waals surface area (Å²) in [5.41, 5.74) is 2.64. The van der Waals surface area contributed by atoms with Crippen molar-refractivity contribution in [3.05, 3.63) is 59.0 Å². The Balaban J connectivity index is 1.49. The van der Waals surface area contributed by atoms with Gasteiger partial charge < -0.3 is 20.1 Å². The molecule has 0 atom stereocenters. The maximum absolute atomic E-state index is 13.3. The molecule has 2 aromatic heterocycles. The van der Waals surface area contributed by atoms with Gasteiger partial charge in [-0.1, -0.05) is 23.6 Å². The van der Waals surface area contributed by atoms with Gasteiger partial charge in [0.05, 0.1) is 24.1 Å². The van der Waals surface area contributed by atoms with Crippen molar-refractivity contribution in [1.29, 1.82) is 0 Å². The molecule has 5 nitrogen and oxygen atoms in total. The number of pyridine rings is 1. The number of nitrogens with one attached hydrogen (secondary N) is 2. The van der Waals surface area contributed by atoms with E-state index in [0.29, 0.717) is 29.0 Å². The predicted octanol–water partition coefficient (Wildman–Crippen LogP) is 4.90. The van der Waals surface area contributed by atoms with E-state index in [0.717, 1.165) is 42.6 Å². The molecule has 0 saturated carbocycles. The van der Waals surface area contributed by atoms with Crippen molar-refractivity contribution in [1.82, 2.24) is 19.8 Å². The van der Waals surface area contributed by atoms with Gasteiger partial charge in [0.2, 0.25) is 0 Å². The fraction of sp³-hybridized carbons (Fsp3) is 0.400. The van der Waals surface area contributed by atoms with E-state index < -0.39 is 12.7 Å². The largest absolute Gasteiger partial charge is 0.406 e. The van der Waals surface area contributed by atoms with Crippen molar-refractivity contribution in [2.24, 2.45) is 0 Å². The molecule has 0 unspecified atom stereocenters. The normalized spacial score (nSPS) is 15.3. The molecule has 0 aliphatic carbocycles. The van der Waals surface area contributed by atoms with Crippen LogP contribution in [0.1, 0.15) is 24.1 Å². The minimum absolute atomic E-state index is 0.266. The lowest BCUT2D eigenvalue weighted by Gasteiger charge is -2.29. The molecule has 0 bridgehead atoms. The number of rotatable bonds is 6. The zero-order valence-electron chi connectivity index (χ0n) is 18.9. The third kappa shape index (κ3) is 6.66. The van der Waals surface area contributed by atoms with Crippen LogP contribution in [0.5, 0.6) is 0 Å². The quantitative estimate of drug-likeness (QED) is 0.382. The average molecular weight is 490 g/mol. The number of benzene rings is 1. The van der Waals surface area contributed by atoms with Gasteiger partial charge in [0.1, 0.15) is 11.7 Å². The zero-order chi connectivity index (χ0) is 24.1. The number of piperidine rings is 1. The summed E-state index contributed by atoms with van der Waals surface area (Å²) in [7, 11) is 2.13. The van der Waals surface area contributed by atoms with E-state index in [-0.39, 0.29) is 6.54 Å². The van der Waals surface area contributed by atoms with Crippen LogP contribution in [0, 0.1) is 11.8 Å². The maximum Gasteiger partial charge on any atom is 0.406 e. The average Bonchev–Trinajstić information content (AvgIpc) is 3.12. The van der Waals surface area contributed by atoms with Crippen LogP contribution < -0.4 is 10.6 Å². The number of halogens is 4. The molecule has 2 N–H and O–H groups in total. The summed E-state index contributed by atoms with van der Waals surface area (Å²) in [6.45, 7) is 2.02. The molecule has 1 saturated heterocycles. The van der Waals surface area contributed by atoms with E-state index in [2.05, 4.69) is 39.4 Å². The third-order valence-electron chi connectivity index (χ3n) is 5.94. The first kappa shape index (κ1) is 24.4. The molecule has 0 spiro atoms. The standard InChI is InChI=1S/C25H27ClF3N5/c1-33-11-8-20(9-12-33)31-15-18-4-6-23-19(13-18)14-22(34(23)17-25(27,28)29)3-2-10-30-21-5-7-24(26)32-16-21/h4-7,13-14,16,20,30-31H,8-12,15,17H2,1H3. The Kier molecular flexibility index (Phi) is 7.67. The maximum atomic E-state index is 13.3. The number of aromatic nitrogens is 2. The monoisotopic (exact) mass is 489 g/mol. The van der Waals surface area contributed by atoms with Crippen molar-refractivity contribution in [3.8, 4) is 11.8 Å². The highest BCUT2D eigenvalue weighted by molar-refractivity contribution is 6.29. The van der Waals surface area contributed by atoms with E-state index in [9.17, 15) is 13.2 Å². The Morgan fingerprint density at radius 2 is 1.94 bits per heavy atom. The summed E-state index contributed by atoms with van der Waals surface area (Å²) < 4.78 is 41.1. The second-order valence-electron chi connectivity index (χ2n) is 8.61. The van der Waals surface area contributed by atoms with Crippen LogP contribution in [0.4, 0.5) is 18.9 Å². The van der Waals surface area contributed by atoms with Crippen LogP contribution in [0.2, 0.25) is 5.15 Å². The van der Waals surface area contributed by atoms with E-state index in [1.54, 1.807) is 30.5 Å². The Hall–Kier alpha value is -2.73. The fourth-order valence-electron chi connectivity index (χ4n) is 4.12. The first-order valence-corrected chi connectivity index (χ1v) is 11.6. The topological polar surface area (TPSA) is 45.1 Å². The van der Waals surface area contributed by atoms with Crippen LogP contribution in [-0.2, 0) is 13.1 Å². The predicted molar refractivity (Wildman–Crippen MR) is 130 cm³/mol. The highest BCUT2D eigenvalue weighted by Gasteiger charge is 2.29. The number of hydrogen-bond acceptors (Lipinski definition) is 4. The summed E-state index contributed by atoms with van der Waals surface area (Å²) >= 11 is 5.77. The van der Waals surface area contributed by atoms with Gasteiger partial charge in [-0.25, -0.2) is 4.98 Å². The Morgan fingerprint density at radius 3 is 2.65 bits per heavy atom. The molecule has 180 valence electrons. The fourth-order valence-corrected chi connectivity index (χ4v) is 4.23. The number of hydrogen-bond donors (Lipinski definition) is 2. The molecule has 1 aromatic carbocycles. The number of anilines is 1. The SMILES string of the molecule is CN1CCC(NCc2ccc3c(c2)cc(C#CCNc2ccc(Cl)nc2)n3CC(F)(F)F)CC1. The molecule has 9 heteroatoms. The van der Waals surface area contributed by atoms with Gasteiger partial charge in [-0.15, -0.1) is 0 Å². The summed E-state index contributed by atoms with van der Waals surface area (Å²) in [6.07, 6.45) is -0.573. The highest BCUT2D eigenvalue weighted by Crippen LogP contribution is 2.26. The van der Waals surface area contributed by atoms with Gasteiger partial charge in [-0.2, -0.15) is 13.2 Å². The van der Waals surface area contributed by atoms with E-state index in [1.165, 1.54) is 4.57 Å². The molecule has 0 radical (unpaired) electrons. The van der Waals surface area contributed by atoms with Crippen molar-refractivity contribution in [2.45, 2.75) is 38.1 Å². The van der Waals surface area contributed by atoms with Crippen molar-refractivity contribution >= 4 is 28.2 Å². The molecule has 4 rings (SSSR count). The first-order valence-electron chi connectivity index (χ1n) is 11.2. The number of alkyl halides is 3. The molecule has 0 amide bonds. The molecule has 1 fully saturated rings. The van der Waals surface area contributed by atoms with Gasteiger partial charge in [0.15, 0.2) is 0 Å². The van der Waals surface area contributed by atoms with Crippen LogP contribution in [0.15, 0.2) is 42.6 Å². The van der Waals surface area contributed by atoms with Gasteiger partial charge in [-0.3, -0.25) is 0 Å². The summed E-state index contributed by atoms with van der Waals surface area (Å²) in [5.74, 6) is 5.81. The van der Waals surface area contributed by atoms with Crippen LogP contribution in [0.25, 0.3) is 10.9 Å². The van der Waals surface area contributed by atoms with Crippen molar-refractivity contribution in [2.75, 3.05) is 32.0 Å².